The van der Waals surface area contributed by atoms with Crippen LogP contribution in [0.3, 0.4) is 0 Å². The van der Waals surface area contributed by atoms with Gasteiger partial charge in [0.05, 0.1) is 18.8 Å². The van der Waals surface area contributed by atoms with E-state index in [2.05, 4.69) is 0 Å². The lowest BCUT2D eigenvalue weighted by molar-refractivity contribution is 0.0170. The van der Waals surface area contributed by atoms with E-state index in [-0.39, 0.29) is 15.6 Å². The van der Waals surface area contributed by atoms with Crippen molar-refractivity contribution >= 4 is 33.2 Å². The Balaban J connectivity index is 2.81. The van der Waals surface area contributed by atoms with E-state index in [1.807, 2.05) is 0 Å². The summed E-state index contributed by atoms with van der Waals surface area (Å²) in [5.74, 6) is -3.87. The third-order valence-corrected chi connectivity index (χ3v) is 4.21. The molecular weight excluding hydrogens is 321 g/mol. The highest BCUT2D eigenvalue weighted by atomic mass is 35.5. The highest BCUT2D eigenvalue weighted by Gasteiger charge is 2.29. The number of sulfonamides is 1. The van der Waals surface area contributed by atoms with Crippen molar-refractivity contribution in [3.8, 4) is 0 Å². The summed E-state index contributed by atoms with van der Waals surface area (Å²) >= 11 is 11.6. The molecule has 0 saturated carbocycles. The molecule has 0 aromatic heterocycles. The number of alkyl halides is 2. The third-order valence-electron chi connectivity index (χ3n) is 2.25. The molecule has 0 spiro atoms. The van der Waals surface area contributed by atoms with Gasteiger partial charge in [0.1, 0.15) is 0 Å². The molecule has 0 fully saturated rings. The van der Waals surface area contributed by atoms with Crippen LogP contribution in [0, 0.1) is 0 Å². The molecule has 0 atom stereocenters. The van der Waals surface area contributed by atoms with Crippen LogP contribution in [-0.2, 0) is 15.8 Å². The number of benzene rings is 1. The monoisotopic (exact) mass is 332 g/mol. The molecule has 0 saturated heterocycles. The van der Waals surface area contributed by atoms with Gasteiger partial charge in [-0.25, -0.2) is 21.9 Å². The second-order valence-electron chi connectivity index (χ2n) is 3.84. The molecule has 0 amide bonds. The van der Waals surface area contributed by atoms with Gasteiger partial charge in [0, 0.05) is 15.6 Å². The fourth-order valence-electron chi connectivity index (χ4n) is 1.20. The summed E-state index contributed by atoms with van der Waals surface area (Å²) in [4.78, 5) is 0. The van der Waals surface area contributed by atoms with Gasteiger partial charge in [0.2, 0.25) is 10.0 Å². The van der Waals surface area contributed by atoms with Gasteiger partial charge < -0.3 is 5.73 Å². The van der Waals surface area contributed by atoms with E-state index < -0.39 is 34.8 Å². The molecular formula is C10H12Cl2F2N2O2S. The van der Waals surface area contributed by atoms with Crippen molar-refractivity contribution in [1.82, 2.24) is 4.72 Å². The Hall–Kier alpha value is -0.470. The lowest BCUT2D eigenvalue weighted by Crippen LogP contribution is -2.41. The molecule has 0 unspecified atom stereocenters. The van der Waals surface area contributed by atoms with Crippen molar-refractivity contribution in [3.05, 3.63) is 33.8 Å². The van der Waals surface area contributed by atoms with Crippen LogP contribution in [0.2, 0.25) is 10.0 Å². The maximum absolute atomic E-state index is 12.9. The van der Waals surface area contributed by atoms with Gasteiger partial charge >= 0.3 is 0 Å². The Kier molecular flexibility index (Phi) is 5.52. The SMILES string of the molecule is NCC(F)(F)CNS(=O)(=O)Cc1c(Cl)cccc1Cl. The van der Waals surface area contributed by atoms with Gasteiger partial charge in [0.25, 0.3) is 5.92 Å². The smallest absolute Gasteiger partial charge is 0.273 e. The summed E-state index contributed by atoms with van der Waals surface area (Å²) in [6, 6.07) is 4.48. The largest absolute Gasteiger partial charge is 0.325 e. The minimum absolute atomic E-state index is 0.156. The summed E-state index contributed by atoms with van der Waals surface area (Å²) in [6.07, 6.45) is 0. The molecule has 0 bridgehead atoms. The fraction of sp³-hybridized carbons (Fsp3) is 0.400. The van der Waals surface area contributed by atoms with Crippen molar-refractivity contribution < 1.29 is 17.2 Å². The molecule has 19 heavy (non-hydrogen) atoms. The average molecular weight is 333 g/mol. The third kappa shape index (κ3) is 5.19. The molecule has 108 valence electrons. The molecule has 0 aliphatic heterocycles. The minimum atomic E-state index is -3.98. The van der Waals surface area contributed by atoms with E-state index in [0.717, 1.165) is 0 Å². The second-order valence-corrected chi connectivity index (χ2v) is 6.46. The first-order valence-electron chi connectivity index (χ1n) is 5.15. The predicted molar refractivity (Wildman–Crippen MR) is 71.1 cm³/mol. The first-order valence-corrected chi connectivity index (χ1v) is 7.56. The van der Waals surface area contributed by atoms with Crippen LogP contribution < -0.4 is 10.5 Å². The zero-order valence-electron chi connectivity index (χ0n) is 9.67. The van der Waals surface area contributed by atoms with Crippen LogP contribution in [0.5, 0.6) is 0 Å². The maximum atomic E-state index is 12.9. The van der Waals surface area contributed by atoms with Crippen LogP contribution in [0.1, 0.15) is 5.56 Å². The van der Waals surface area contributed by atoms with Crippen LogP contribution in [-0.4, -0.2) is 27.4 Å². The number of halogens is 4. The molecule has 0 radical (unpaired) electrons. The Bertz CT molecular complexity index is 532. The number of nitrogens with one attached hydrogen (secondary N) is 1. The predicted octanol–water partition coefficient (Wildman–Crippen LogP) is 2.01. The van der Waals surface area contributed by atoms with E-state index >= 15 is 0 Å². The standard InChI is InChI=1S/C10H12Cl2F2N2O2S/c11-8-2-1-3-9(12)7(8)4-19(17,18)16-6-10(13,14)5-15/h1-3,16H,4-6,15H2. The average Bonchev–Trinajstić information content (AvgIpc) is 2.32. The molecule has 0 aliphatic carbocycles. The normalized spacial score (nSPS) is 12.7. The Morgan fingerprint density at radius 3 is 2.26 bits per heavy atom. The number of hydrogen-bond donors (Lipinski definition) is 2. The first kappa shape index (κ1) is 16.6. The van der Waals surface area contributed by atoms with Crippen molar-refractivity contribution in [3.63, 3.8) is 0 Å². The van der Waals surface area contributed by atoms with Crippen LogP contribution >= 0.6 is 23.2 Å². The summed E-state index contributed by atoms with van der Waals surface area (Å²) < 4.78 is 50.9. The van der Waals surface area contributed by atoms with E-state index in [0.29, 0.717) is 0 Å². The van der Waals surface area contributed by atoms with Gasteiger partial charge in [-0.2, -0.15) is 0 Å². The van der Waals surface area contributed by atoms with Crippen LogP contribution in [0.25, 0.3) is 0 Å². The molecule has 0 aliphatic rings. The second kappa shape index (κ2) is 6.32. The van der Waals surface area contributed by atoms with Gasteiger partial charge in [-0.1, -0.05) is 29.3 Å². The van der Waals surface area contributed by atoms with E-state index in [9.17, 15) is 17.2 Å². The molecule has 9 heteroatoms. The molecule has 1 aromatic carbocycles. The van der Waals surface area contributed by atoms with Crippen LogP contribution in [0.4, 0.5) is 8.78 Å². The molecule has 0 heterocycles. The topological polar surface area (TPSA) is 72.2 Å². The maximum Gasteiger partial charge on any atom is 0.273 e. The Morgan fingerprint density at radius 1 is 1.26 bits per heavy atom. The van der Waals surface area contributed by atoms with Crippen molar-refractivity contribution in [1.29, 1.82) is 0 Å². The summed E-state index contributed by atoms with van der Waals surface area (Å²) in [5.41, 5.74) is 4.97. The zero-order valence-corrected chi connectivity index (χ0v) is 12.0. The molecule has 3 N–H and O–H groups in total. The van der Waals surface area contributed by atoms with Crippen molar-refractivity contribution in [2.24, 2.45) is 5.73 Å². The number of hydrogen-bond acceptors (Lipinski definition) is 3. The summed E-state index contributed by atoms with van der Waals surface area (Å²) in [6.45, 7) is -2.00. The highest BCUT2D eigenvalue weighted by Crippen LogP contribution is 2.26. The first-order chi connectivity index (χ1) is 8.67. The molecule has 1 aromatic rings. The number of nitrogens with two attached hydrogens (primary N) is 1. The van der Waals surface area contributed by atoms with Gasteiger partial charge in [-0.3, -0.25) is 0 Å². The summed E-state index contributed by atoms with van der Waals surface area (Å²) in [5, 5.41) is 0.312. The zero-order chi connectivity index (χ0) is 14.7. The van der Waals surface area contributed by atoms with Crippen molar-refractivity contribution in [2.75, 3.05) is 13.1 Å². The van der Waals surface area contributed by atoms with E-state index in [1.165, 1.54) is 12.1 Å². The lowest BCUT2D eigenvalue weighted by Gasteiger charge is -2.15. The molecule has 4 nitrogen and oxygen atoms in total. The van der Waals surface area contributed by atoms with Crippen LogP contribution in [0.15, 0.2) is 18.2 Å². The van der Waals surface area contributed by atoms with Gasteiger partial charge in [-0.05, 0) is 12.1 Å². The highest BCUT2D eigenvalue weighted by molar-refractivity contribution is 7.88. The quantitative estimate of drug-likeness (QED) is 0.836. The minimum Gasteiger partial charge on any atom is -0.325 e. The molecule has 1 rings (SSSR count). The summed E-state index contributed by atoms with van der Waals surface area (Å²) in [7, 11) is -3.98. The van der Waals surface area contributed by atoms with Gasteiger partial charge in [0.15, 0.2) is 0 Å². The van der Waals surface area contributed by atoms with Gasteiger partial charge in [-0.15, -0.1) is 0 Å². The Morgan fingerprint density at radius 2 is 1.79 bits per heavy atom. The van der Waals surface area contributed by atoms with Crippen molar-refractivity contribution in [2.45, 2.75) is 11.7 Å². The lowest BCUT2D eigenvalue weighted by atomic mass is 10.2. The van der Waals surface area contributed by atoms with E-state index in [1.54, 1.807) is 10.8 Å². The van der Waals surface area contributed by atoms with E-state index in [4.69, 9.17) is 28.9 Å². The fourth-order valence-corrected chi connectivity index (χ4v) is 3.11. The Labute approximate surface area is 119 Å². The number of rotatable bonds is 6.